The number of aryl methyl sites for hydroxylation is 1. The Kier molecular flexibility index (Phi) is 7.11. The molecule has 0 spiro atoms. The molecule has 170 valence electrons. The van der Waals surface area contributed by atoms with E-state index in [-0.39, 0.29) is 18.4 Å². The minimum absolute atomic E-state index is 0.276. The van der Waals surface area contributed by atoms with Crippen molar-refractivity contribution in [2.75, 3.05) is 17.2 Å². The van der Waals surface area contributed by atoms with Gasteiger partial charge in [0.05, 0.1) is 22.8 Å². The van der Waals surface area contributed by atoms with Gasteiger partial charge in [0.2, 0.25) is 0 Å². The van der Waals surface area contributed by atoms with Crippen molar-refractivity contribution in [1.29, 1.82) is 0 Å². The van der Waals surface area contributed by atoms with Crippen LogP contribution in [0.4, 0.5) is 10.7 Å². The fourth-order valence-corrected chi connectivity index (χ4v) is 5.29. The van der Waals surface area contributed by atoms with Gasteiger partial charge >= 0.3 is 5.97 Å². The molecule has 0 aliphatic heterocycles. The van der Waals surface area contributed by atoms with Crippen LogP contribution in [0.15, 0.2) is 48.5 Å². The molecule has 2 amide bonds. The molecule has 33 heavy (non-hydrogen) atoms. The van der Waals surface area contributed by atoms with Crippen LogP contribution in [0, 0.1) is 0 Å². The highest BCUT2D eigenvalue weighted by Gasteiger charge is 2.27. The molecule has 0 radical (unpaired) electrons. The molecule has 0 saturated heterocycles. The third-order valence-electron chi connectivity index (χ3n) is 5.40. The Balaban J connectivity index is 1.49. The smallest absolute Gasteiger partial charge is 0.341 e. The fourth-order valence-electron chi connectivity index (χ4n) is 3.80. The number of hydrogen-bond acceptors (Lipinski definition) is 5. The van der Waals surface area contributed by atoms with Crippen LogP contribution in [0.1, 0.15) is 61.3 Å². The van der Waals surface area contributed by atoms with Crippen LogP contribution in [0.5, 0.6) is 0 Å². The summed E-state index contributed by atoms with van der Waals surface area (Å²) in [5.74, 6) is -1.06. The van der Waals surface area contributed by atoms with Crippen LogP contribution < -0.4 is 10.6 Å². The Morgan fingerprint density at radius 1 is 0.970 bits per heavy atom. The lowest BCUT2D eigenvalue weighted by molar-refractivity contribution is 0.0526. The highest BCUT2D eigenvalue weighted by Crippen LogP contribution is 2.38. The van der Waals surface area contributed by atoms with E-state index in [2.05, 4.69) is 10.6 Å². The number of halogens is 1. The number of fused-ring (bicyclic) bond motifs is 1. The third-order valence-corrected chi connectivity index (χ3v) is 6.94. The minimum atomic E-state index is -0.398. The summed E-state index contributed by atoms with van der Waals surface area (Å²) in [4.78, 5) is 39.1. The van der Waals surface area contributed by atoms with Crippen LogP contribution in [0.3, 0.4) is 0 Å². The van der Waals surface area contributed by atoms with Crippen molar-refractivity contribution >= 4 is 51.4 Å². The van der Waals surface area contributed by atoms with E-state index in [9.17, 15) is 14.4 Å². The predicted molar refractivity (Wildman–Crippen MR) is 131 cm³/mol. The van der Waals surface area contributed by atoms with E-state index >= 15 is 0 Å². The normalized spacial score (nSPS) is 12.5. The number of ether oxygens (including phenoxy) is 1. The summed E-state index contributed by atoms with van der Waals surface area (Å²) in [6.07, 6.45) is 3.81. The summed E-state index contributed by atoms with van der Waals surface area (Å²) in [5.41, 5.74) is 2.79. The highest BCUT2D eigenvalue weighted by atomic mass is 35.5. The van der Waals surface area contributed by atoms with Crippen molar-refractivity contribution in [3.8, 4) is 0 Å². The molecule has 2 aromatic carbocycles. The molecule has 1 aliphatic carbocycles. The number of rotatable bonds is 6. The molecular formula is C25H23ClN2O4S. The number of anilines is 2. The zero-order valence-corrected chi connectivity index (χ0v) is 19.6. The molecule has 8 heteroatoms. The second-order valence-corrected chi connectivity index (χ2v) is 9.11. The van der Waals surface area contributed by atoms with Gasteiger partial charge in [-0.15, -0.1) is 11.3 Å². The van der Waals surface area contributed by atoms with Crippen LogP contribution in [0.2, 0.25) is 5.02 Å². The van der Waals surface area contributed by atoms with E-state index in [0.29, 0.717) is 32.4 Å². The Morgan fingerprint density at radius 3 is 2.42 bits per heavy atom. The molecule has 2 N–H and O–H groups in total. The number of carbonyl (C=O) groups excluding carboxylic acids is 3. The van der Waals surface area contributed by atoms with Gasteiger partial charge in [-0.05, 0) is 74.6 Å². The molecule has 3 aromatic rings. The van der Waals surface area contributed by atoms with Crippen LogP contribution in [0.25, 0.3) is 0 Å². The zero-order valence-electron chi connectivity index (χ0n) is 18.1. The first-order valence-corrected chi connectivity index (χ1v) is 12.0. The number of thiophene rings is 1. The molecular weight excluding hydrogens is 460 g/mol. The van der Waals surface area contributed by atoms with Crippen molar-refractivity contribution in [3.63, 3.8) is 0 Å². The Labute approximate surface area is 200 Å². The second-order valence-electron chi connectivity index (χ2n) is 7.60. The lowest BCUT2D eigenvalue weighted by atomic mass is 9.95. The Morgan fingerprint density at radius 2 is 1.70 bits per heavy atom. The Bertz CT molecular complexity index is 1200. The molecule has 0 bridgehead atoms. The van der Waals surface area contributed by atoms with Gasteiger partial charge in [-0.3, -0.25) is 9.59 Å². The molecule has 0 unspecified atom stereocenters. The van der Waals surface area contributed by atoms with Gasteiger partial charge in [-0.25, -0.2) is 4.79 Å². The average Bonchev–Trinajstić information content (AvgIpc) is 3.17. The second kappa shape index (κ2) is 10.2. The molecule has 0 atom stereocenters. The highest BCUT2D eigenvalue weighted by molar-refractivity contribution is 7.17. The van der Waals surface area contributed by atoms with E-state index in [4.69, 9.17) is 16.3 Å². The number of amides is 2. The van der Waals surface area contributed by atoms with E-state index < -0.39 is 5.97 Å². The lowest BCUT2D eigenvalue weighted by Crippen LogP contribution is -2.16. The lowest BCUT2D eigenvalue weighted by Gasteiger charge is -2.12. The van der Waals surface area contributed by atoms with Crippen molar-refractivity contribution in [2.24, 2.45) is 0 Å². The number of esters is 1. The number of benzene rings is 2. The summed E-state index contributed by atoms with van der Waals surface area (Å²) in [5, 5.41) is 6.55. The number of carbonyl (C=O) groups is 3. The minimum Gasteiger partial charge on any atom is -0.462 e. The quantitative estimate of drug-likeness (QED) is 0.424. The molecule has 1 aromatic heterocycles. The van der Waals surface area contributed by atoms with Gasteiger partial charge in [0.25, 0.3) is 11.8 Å². The van der Waals surface area contributed by atoms with Gasteiger partial charge in [0, 0.05) is 16.1 Å². The largest absolute Gasteiger partial charge is 0.462 e. The van der Waals surface area contributed by atoms with Crippen molar-refractivity contribution in [1.82, 2.24) is 0 Å². The maximum atomic E-state index is 12.9. The van der Waals surface area contributed by atoms with Crippen molar-refractivity contribution in [3.05, 3.63) is 80.7 Å². The predicted octanol–water partition coefficient (Wildman–Crippen LogP) is 5.96. The summed E-state index contributed by atoms with van der Waals surface area (Å²) in [7, 11) is 0. The van der Waals surface area contributed by atoms with E-state index in [0.717, 1.165) is 36.1 Å². The van der Waals surface area contributed by atoms with Crippen molar-refractivity contribution in [2.45, 2.75) is 32.6 Å². The Hall–Kier alpha value is -3.16. The standard InChI is InChI=1S/C25H23ClN2O4S/c1-2-32-25(31)21-18-8-4-6-10-20(18)33-24(21)28-22(29)15-11-13-16(14-12-15)27-23(30)17-7-3-5-9-19(17)26/h3,5,7,9,11-14H,2,4,6,8,10H2,1H3,(H,27,30)(H,28,29). The molecule has 1 aliphatic rings. The first-order valence-electron chi connectivity index (χ1n) is 10.8. The maximum absolute atomic E-state index is 12.9. The summed E-state index contributed by atoms with van der Waals surface area (Å²) >= 11 is 7.52. The summed E-state index contributed by atoms with van der Waals surface area (Å²) < 4.78 is 5.24. The van der Waals surface area contributed by atoms with Crippen LogP contribution >= 0.6 is 22.9 Å². The molecule has 6 nitrogen and oxygen atoms in total. The number of nitrogens with one attached hydrogen (secondary N) is 2. The van der Waals surface area contributed by atoms with Crippen LogP contribution in [-0.4, -0.2) is 24.4 Å². The van der Waals surface area contributed by atoms with Crippen LogP contribution in [-0.2, 0) is 17.6 Å². The summed E-state index contributed by atoms with van der Waals surface area (Å²) in [6.45, 7) is 2.04. The van der Waals surface area contributed by atoms with E-state index in [1.165, 1.54) is 11.3 Å². The number of hydrogen-bond donors (Lipinski definition) is 2. The van der Waals surface area contributed by atoms with Gasteiger partial charge < -0.3 is 15.4 Å². The SMILES string of the molecule is CCOC(=O)c1c(NC(=O)c2ccc(NC(=O)c3ccccc3Cl)cc2)sc2c1CCCC2. The molecule has 0 fully saturated rings. The van der Waals surface area contributed by atoms with Gasteiger partial charge in [0.15, 0.2) is 0 Å². The third kappa shape index (κ3) is 5.10. The molecule has 4 rings (SSSR count). The van der Waals surface area contributed by atoms with Crippen molar-refractivity contribution < 1.29 is 19.1 Å². The van der Waals surface area contributed by atoms with E-state index in [1.54, 1.807) is 55.5 Å². The topological polar surface area (TPSA) is 84.5 Å². The van der Waals surface area contributed by atoms with Gasteiger partial charge in [-0.2, -0.15) is 0 Å². The van der Waals surface area contributed by atoms with Gasteiger partial charge in [0.1, 0.15) is 5.00 Å². The molecule has 0 saturated carbocycles. The first-order chi connectivity index (χ1) is 16.0. The monoisotopic (exact) mass is 482 g/mol. The summed E-state index contributed by atoms with van der Waals surface area (Å²) in [6, 6.07) is 13.3. The average molecular weight is 483 g/mol. The maximum Gasteiger partial charge on any atom is 0.341 e. The van der Waals surface area contributed by atoms with Gasteiger partial charge in [-0.1, -0.05) is 23.7 Å². The van der Waals surface area contributed by atoms with E-state index in [1.807, 2.05) is 0 Å². The first kappa shape index (κ1) is 23.0. The zero-order chi connectivity index (χ0) is 23.4. The molecule has 1 heterocycles. The fraction of sp³-hybridized carbons (Fsp3) is 0.240.